The van der Waals surface area contributed by atoms with Gasteiger partial charge in [0.1, 0.15) is 11.5 Å². The molecule has 2 aromatic rings. The molecular formula is C11H15N5O2. The average molecular weight is 249 g/mol. The fraction of sp³-hybridized carbons (Fsp3) is 0.364. The molecule has 0 saturated heterocycles. The van der Waals surface area contributed by atoms with Gasteiger partial charge in [0.05, 0.1) is 14.2 Å². The highest BCUT2D eigenvalue weighted by atomic mass is 16.5. The molecular weight excluding hydrogens is 234 g/mol. The van der Waals surface area contributed by atoms with Crippen LogP contribution in [0.3, 0.4) is 0 Å². The van der Waals surface area contributed by atoms with E-state index in [1.54, 1.807) is 25.9 Å². The van der Waals surface area contributed by atoms with Gasteiger partial charge in [-0.1, -0.05) is 5.10 Å². The number of ether oxygens (including phenoxy) is 2. The summed E-state index contributed by atoms with van der Waals surface area (Å²) in [6.07, 6.45) is 0. The predicted octanol–water partition coefficient (Wildman–Crippen LogP) is 0.839. The van der Waals surface area contributed by atoms with E-state index in [1.165, 1.54) is 0 Å². The standard InChI is InChI=1S/C11H15N5O2/c1-16-11(13-14-15-16)12-7-8-6-9(17-2)4-5-10(8)18-3/h4-6H,7H2,1-3H3,(H,12,13,15). The van der Waals surface area contributed by atoms with Gasteiger partial charge in [-0.25, -0.2) is 4.68 Å². The lowest BCUT2D eigenvalue weighted by molar-refractivity contribution is 0.399. The van der Waals surface area contributed by atoms with Crippen molar-refractivity contribution >= 4 is 5.95 Å². The zero-order valence-electron chi connectivity index (χ0n) is 10.5. The molecule has 0 atom stereocenters. The van der Waals surface area contributed by atoms with E-state index in [9.17, 15) is 0 Å². The number of tetrazole rings is 1. The van der Waals surface area contributed by atoms with Crippen LogP contribution in [0.2, 0.25) is 0 Å². The molecule has 0 saturated carbocycles. The summed E-state index contributed by atoms with van der Waals surface area (Å²) >= 11 is 0. The van der Waals surface area contributed by atoms with Crippen LogP contribution in [0.25, 0.3) is 0 Å². The molecule has 1 aromatic carbocycles. The van der Waals surface area contributed by atoms with Crippen LogP contribution in [0.15, 0.2) is 18.2 Å². The third-order valence-corrected chi connectivity index (χ3v) is 2.54. The van der Waals surface area contributed by atoms with Crippen LogP contribution in [0, 0.1) is 0 Å². The smallest absolute Gasteiger partial charge is 0.242 e. The maximum absolute atomic E-state index is 5.29. The van der Waals surface area contributed by atoms with Crippen molar-refractivity contribution in [1.82, 2.24) is 20.2 Å². The van der Waals surface area contributed by atoms with Crippen LogP contribution in [0.1, 0.15) is 5.56 Å². The highest BCUT2D eigenvalue weighted by Gasteiger charge is 2.07. The molecule has 0 radical (unpaired) electrons. The molecule has 0 fully saturated rings. The Balaban J connectivity index is 2.14. The van der Waals surface area contributed by atoms with Crippen molar-refractivity contribution in [1.29, 1.82) is 0 Å². The number of hydrogen-bond donors (Lipinski definition) is 1. The predicted molar refractivity (Wildman–Crippen MR) is 65.7 cm³/mol. The number of nitrogens with zero attached hydrogens (tertiary/aromatic N) is 4. The topological polar surface area (TPSA) is 74.1 Å². The second-order valence-electron chi connectivity index (χ2n) is 3.66. The van der Waals surface area contributed by atoms with E-state index in [0.717, 1.165) is 17.1 Å². The first-order valence-electron chi connectivity index (χ1n) is 5.41. The summed E-state index contributed by atoms with van der Waals surface area (Å²) in [4.78, 5) is 0. The Labute approximate surface area is 105 Å². The Bertz CT molecular complexity index is 526. The summed E-state index contributed by atoms with van der Waals surface area (Å²) in [6.45, 7) is 0.550. The van der Waals surface area contributed by atoms with E-state index < -0.39 is 0 Å². The molecule has 0 aliphatic carbocycles. The van der Waals surface area contributed by atoms with Gasteiger partial charge >= 0.3 is 0 Å². The molecule has 0 aliphatic rings. The lowest BCUT2D eigenvalue weighted by atomic mass is 10.2. The Morgan fingerprint density at radius 1 is 1.28 bits per heavy atom. The van der Waals surface area contributed by atoms with Gasteiger partial charge in [-0.05, 0) is 28.6 Å². The van der Waals surface area contributed by atoms with E-state index >= 15 is 0 Å². The van der Waals surface area contributed by atoms with Crippen molar-refractivity contribution in [2.45, 2.75) is 6.54 Å². The molecule has 2 rings (SSSR count). The highest BCUT2D eigenvalue weighted by Crippen LogP contribution is 2.24. The van der Waals surface area contributed by atoms with Gasteiger partial charge in [-0.3, -0.25) is 0 Å². The molecule has 0 aliphatic heterocycles. The van der Waals surface area contributed by atoms with Gasteiger partial charge in [0, 0.05) is 19.2 Å². The molecule has 18 heavy (non-hydrogen) atoms. The third kappa shape index (κ3) is 2.50. The number of methoxy groups -OCH3 is 2. The Kier molecular flexibility index (Phi) is 3.61. The van der Waals surface area contributed by atoms with Crippen molar-refractivity contribution in [2.24, 2.45) is 7.05 Å². The number of anilines is 1. The van der Waals surface area contributed by atoms with Crippen LogP contribution in [0.4, 0.5) is 5.95 Å². The maximum Gasteiger partial charge on any atom is 0.242 e. The first-order chi connectivity index (χ1) is 8.74. The molecule has 0 bridgehead atoms. The molecule has 1 aromatic heterocycles. The fourth-order valence-electron chi connectivity index (χ4n) is 1.57. The number of benzene rings is 1. The zero-order chi connectivity index (χ0) is 13.0. The molecule has 0 spiro atoms. The number of rotatable bonds is 5. The van der Waals surface area contributed by atoms with Crippen molar-refractivity contribution in [2.75, 3.05) is 19.5 Å². The second-order valence-corrected chi connectivity index (χ2v) is 3.66. The van der Waals surface area contributed by atoms with Crippen molar-refractivity contribution < 1.29 is 9.47 Å². The normalized spacial score (nSPS) is 10.2. The molecule has 96 valence electrons. The number of aryl methyl sites for hydroxylation is 1. The lowest BCUT2D eigenvalue weighted by Crippen LogP contribution is -2.07. The minimum atomic E-state index is 0.550. The van der Waals surface area contributed by atoms with Gasteiger partial charge < -0.3 is 14.8 Å². The van der Waals surface area contributed by atoms with E-state index in [0.29, 0.717) is 12.5 Å². The van der Waals surface area contributed by atoms with E-state index in [4.69, 9.17) is 9.47 Å². The minimum absolute atomic E-state index is 0.550. The molecule has 7 nitrogen and oxygen atoms in total. The van der Waals surface area contributed by atoms with Crippen LogP contribution in [-0.2, 0) is 13.6 Å². The van der Waals surface area contributed by atoms with E-state index in [1.807, 2.05) is 18.2 Å². The summed E-state index contributed by atoms with van der Waals surface area (Å²) in [5.41, 5.74) is 0.972. The summed E-state index contributed by atoms with van der Waals surface area (Å²) in [5.74, 6) is 2.17. The quantitative estimate of drug-likeness (QED) is 0.846. The van der Waals surface area contributed by atoms with Crippen molar-refractivity contribution in [3.05, 3.63) is 23.8 Å². The van der Waals surface area contributed by atoms with Gasteiger partial charge in [0.25, 0.3) is 0 Å². The fourth-order valence-corrected chi connectivity index (χ4v) is 1.57. The highest BCUT2D eigenvalue weighted by molar-refractivity contribution is 5.42. The van der Waals surface area contributed by atoms with Gasteiger partial charge in [0.2, 0.25) is 5.95 Å². The van der Waals surface area contributed by atoms with E-state index in [2.05, 4.69) is 20.8 Å². The minimum Gasteiger partial charge on any atom is -0.497 e. The molecule has 1 N–H and O–H groups in total. The maximum atomic E-state index is 5.29. The summed E-state index contributed by atoms with van der Waals surface area (Å²) in [5, 5.41) is 14.3. The second kappa shape index (κ2) is 5.35. The van der Waals surface area contributed by atoms with Crippen LogP contribution < -0.4 is 14.8 Å². The first-order valence-corrected chi connectivity index (χ1v) is 5.41. The Morgan fingerprint density at radius 3 is 2.72 bits per heavy atom. The number of nitrogens with one attached hydrogen (secondary N) is 1. The van der Waals surface area contributed by atoms with Crippen LogP contribution in [-0.4, -0.2) is 34.4 Å². The van der Waals surface area contributed by atoms with Gasteiger partial charge in [0.15, 0.2) is 0 Å². The first kappa shape index (κ1) is 12.2. The average Bonchev–Trinajstić information content (AvgIpc) is 2.81. The molecule has 7 heteroatoms. The van der Waals surface area contributed by atoms with Crippen LogP contribution in [0.5, 0.6) is 11.5 Å². The number of aromatic nitrogens is 4. The summed E-state index contributed by atoms with van der Waals surface area (Å²) in [6, 6.07) is 5.63. The summed E-state index contributed by atoms with van der Waals surface area (Å²) < 4.78 is 12.0. The lowest BCUT2D eigenvalue weighted by Gasteiger charge is -2.11. The number of hydrogen-bond acceptors (Lipinski definition) is 6. The molecule has 1 heterocycles. The molecule has 0 unspecified atom stereocenters. The monoisotopic (exact) mass is 249 g/mol. The molecule has 0 amide bonds. The Morgan fingerprint density at radius 2 is 2.11 bits per heavy atom. The van der Waals surface area contributed by atoms with Crippen molar-refractivity contribution in [3.63, 3.8) is 0 Å². The van der Waals surface area contributed by atoms with E-state index in [-0.39, 0.29) is 0 Å². The summed E-state index contributed by atoms with van der Waals surface area (Å²) in [7, 11) is 5.03. The van der Waals surface area contributed by atoms with Gasteiger partial charge in [-0.15, -0.1) is 0 Å². The zero-order valence-corrected chi connectivity index (χ0v) is 10.5. The largest absolute Gasteiger partial charge is 0.497 e. The Hall–Kier alpha value is -2.31. The third-order valence-electron chi connectivity index (χ3n) is 2.54. The van der Waals surface area contributed by atoms with Gasteiger partial charge in [-0.2, -0.15) is 0 Å². The SMILES string of the molecule is COc1ccc(OC)c(CNc2nnnn2C)c1. The van der Waals surface area contributed by atoms with Crippen molar-refractivity contribution in [3.8, 4) is 11.5 Å². The van der Waals surface area contributed by atoms with Crippen LogP contribution >= 0.6 is 0 Å².